The molecule has 7 nitrogen and oxygen atoms in total. The van der Waals surface area contributed by atoms with E-state index in [1.54, 1.807) is 11.8 Å². The summed E-state index contributed by atoms with van der Waals surface area (Å²) in [6, 6.07) is 9.41. The van der Waals surface area contributed by atoms with Gasteiger partial charge in [0.25, 0.3) is 0 Å². The van der Waals surface area contributed by atoms with Crippen LogP contribution in [-0.4, -0.2) is 57.7 Å². The van der Waals surface area contributed by atoms with Gasteiger partial charge in [0, 0.05) is 6.54 Å². The van der Waals surface area contributed by atoms with Gasteiger partial charge in [0.15, 0.2) is 5.82 Å². The maximum atomic E-state index is 12.7. The molecule has 1 amide bonds. The summed E-state index contributed by atoms with van der Waals surface area (Å²) in [5.41, 5.74) is 0.965. The lowest BCUT2D eigenvalue weighted by atomic mass is 9.98. The highest BCUT2D eigenvalue weighted by molar-refractivity contribution is 7.99. The number of aryl methyl sites for hydroxylation is 1. The van der Waals surface area contributed by atoms with Crippen LogP contribution in [-0.2, 0) is 15.3 Å². The molecule has 2 aromatic rings. The highest BCUT2D eigenvalue weighted by Gasteiger charge is 2.35. The minimum absolute atomic E-state index is 0.0110. The van der Waals surface area contributed by atoms with E-state index in [9.17, 15) is 9.90 Å². The summed E-state index contributed by atoms with van der Waals surface area (Å²) in [5.74, 6) is 1.92. The first kappa shape index (κ1) is 17.9. The molecule has 2 heterocycles. The van der Waals surface area contributed by atoms with Crippen molar-refractivity contribution in [2.24, 2.45) is 0 Å². The van der Waals surface area contributed by atoms with Gasteiger partial charge in [-0.05, 0) is 12.5 Å². The zero-order valence-corrected chi connectivity index (χ0v) is 14.8. The molecule has 0 radical (unpaired) electrons. The predicted octanol–water partition coefficient (Wildman–Crippen LogP) is 1.57. The fraction of sp³-hybridized carbons (Fsp3) is 0.471. The Hall–Kier alpha value is -1.90. The Balaban J connectivity index is 1.66. The van der Waals surface area contributed by atoms with Gasteiger partial charge in [-0.1, -0.05) is 35.5 Å². The topological polar surface area (TPSA) is 88.7 Å². The first-order valence-electron chi connectivity index (χ1n) is 8.13. The average molecular weight is 363 g/mol. The number of hydrogen-bond donors (Lipinski definition) is 1. The van der Waals surface area contributed by atoms with Gasteiger partial charge in [-0.25, -0.2) is 0 Å². The number of aliphatic hydroxyl groups is 1. The van der Waals surface area contributed by atoms with E-state index in [4.69, 9.17) is 9.26 Å². The molecule has 2 atom stereocenters. The van der Waals surface area contributed by atoms with Crippen LogP contribution in [0.25, 0.3) is 0 Å². The van der Waals surface area contributed by atoms with Crippen molar-refractivity contribution in [3.05, 3.63) is 47.6 Å². The molecule has 1 aliphatic heterocycles. The molecule has 0 aliphatic carbocycles. The number of aromatic nitrogens is 2. The second kappa shape index (κ2) is 8.46. The van der Waals surface area contributed by atoms with Crippen LogP contribution in [0.1, 0.15) is 23.3 Å². The van der Waals surface area contributed by atoms with Crippen molar-refractivity contribution in [2.75, 3.05) is 25.5 Å². The smallest absolute Gasteiger partial charge is 0.236 e. The van der Waals surface area contributed by atoms with Crippen LogP contribution in [0.5, 0.6) is 0 Å². The molecule has 0 spiro atoms. The van der Waals surface area contributed by atoms with E-state index >= 15 is 0 Å². The number of carbonyl (C=O) groups excluding carboxylic acids is 1. The molecule has 0 unspecified atom stereocenters. The standard InChI is InChI=1S/C17H21N3O4S/c1-12-18-15(24-19-12)10-25-11-16(22)20-7-8-23-14(9-21)17(20)13-5-3-2-4-6-13/h2-6,14,17,21H,7-11H2,1H3/t14-,17-/m0/s1. The molecule has 1 fully saturated rings. The van der Waals surface area contributed by atoms with E-state index in [0.29, 0.717) is 36.4 Å². The first-order valence-corrected chi connectivity index (χ1v) is 9.28. The van der Waals surface area contributed by atoms with Crippen LogP contribution in [0.2, 0.25) is 0 Å². The largest absolute Gasteiger partial charge is 0.394 e. The molecular formula is C17H21N3O4S. The zero-order valence-electron chi connectivity index (χ0n) is 14.0. The van der Waals surface area contributed by atoms with E-state index in [1.807, 2.05) is 30.3 Å². The number of ether oxygens (including phenoxy) is 1. The molecule has 134 valence electrons. The molecule has 0 saturated carbocycles. The number of benzene rings is 1. The quantitative estimate of drug-likeness (QED) is 0.833. The molecule has 1 saturated heterocycles. The maximum absolute atomic E-state index is 12.7. The van der Waals surface area contributed by atoms with Crippen molar-refractivity contribution >= 4 is 17.7 Å². The van der Waals surface area contributed by atoms with Gasteiger partial charge in [0.1, 0.15) is 6.10 Å². The Morgan fingerprint density at radius 3 is 2.88 bits per heavy atom. The van der Waals surface area contributed by atoms with Crippen molar-refractivity contribution in [1.29, 1.82) is 0 Å². The van der Waals surface area contributed by atoms with Gasteiger partial charge in [0.05, 0.1) is 30.8 Å². The van der Waals surface area contributed by atoms with Crippen molar-refractivity contribution in [2.45, 2.75) is 24.8 Å². The van der Waals surface area contributed by atoms with Crippen molar-refractivity contribution in [3.63, 3.8) is 0 Å². The first-order chi connectivity index (χ1) is 12.2. The van der Waals surface area contributed by atoms with Gasteiger partial charge in [0.2, 0.25) is 11.8 Å². The molecule has 1 N–H and O–H groups in total. The number of hydrogen-bond acceptors (Lipinski definition) is 7. The van der Waals surface area contributed by atoms with Gasteiger partial charge < -0.3 is 19.3 Å². The number of rotatable bonds is 6. The second-order valence-corrected chi connectivity index (χ2v) is 6.75. The van der Waals surface area contributed by atoms with E-state index in [2.05, 4.69) is 10.1 Å². The minimum atomic E-state index is -0.413. The highest BCUT2D eigenvalue weighted by Crippen LogP contribution is 2.30. The van der Waals surface area contributed by atoms with Crippen LogP contribution in [0.15, 0.2) is 34.9 Å². The lowest BCUT2D eigenvalue weighted by Gasteiger charge is -2.41. The van der Waals surface area contributed by atoms with Crippen molar-refractivity contribution < 1.29 is 19.2 Å². The summed E-state index contributed by atoms with van der Waals surface area (Å²) < 4.78 is 10.7. The Morgan fingerprint density at radius 2 is 2.20 bits per heavy atom. The number of aliphatic hydroxyl groups excluding tert-OH is 1. The molecular weight excluding hydrogens is 342 g/mol. The average Bonchev–Trinajstić information content (AvgIpc) is 3.06. The molecule has 1 aliphatic rings. The third-order valence-electron chi connectivity index (χ3n) is 4.01. The van der Waals surface area contributed by atoms with Crippen LogP contribution >= 0.6 is 11.8 Å². The molecule has 0 bridgehead atoms. The molecule has 25 heavy (non-hydrogen) atoms. The Morgan fingerprint density at radius 1 is 1.40 bits per heavy atom. The molecule has 1 aromatic heterocycles. The van der Waals surface area contributed by atoms with E-state index < -0.39 is 6.10 Å². The third-order valence-corrected chi connectivity index (χ3v) is 4.92. The molecule has 8 heteroatoms. The van der Waals surface area contributed by atoms with Crippen LogP contribution in [0.4, 0.5) is 0 Å². The summed E-state index contributed by atoms with van der Waals surface area (Å²) in [5, 5.41) is 13.4. The van der Waals surface area contributed by atoms with Gasteiger partial charge >= 0.3 is 0 Å². The number of amides is 1. The summed E-state index contributed by atoms with van der Waals surface area (Å²) in [6.45, 7) is 2.57. The second-order valence-electron chi connectivity index (χ2n) is 5.76. The number of morpholine rings is 1. The van der Waals surface area contributed by atoms with E-state index in [1.165, 1.54) is 11.8 Å². The van der Waals surface area contributed by atoms with Crippen molar-refractivity contribution in [1.82, 2.24) is 15.0 Å². The number of nitrogens with zero attached hydrogens (tertiary/aromatic N) is 3. The lowest BCUT2D eigenvalue weighted by Crippen LogP contribution is -2.50. The van der Waals surface area contributed by atoms with Crippen molar-refractivity contribution in [3.8, 4) is 0 Å². The van der Waals surface area contributed by atoms with Crippen LogP contribution < -0.4 is 0 Å². The van der Waals surface area contributed by atoms with Gasteiger partial charge in [-0.2, -0.15) is 4.98 Å². The normalized spacial score (nSPS) is 20.6. The van der Waals surface area contributed by atoms with Crippen LogP contribution in [0, 0.1) is 6.92 Å². The Kier molecular flexibility index (Phi) is 6.06. The van der Waals surface area contributed by atoms with Gasteiger partial charge in [-0.3, -0.25) is 4.79 Å². The number of carbonyl (C=O) groups is 1. The fourth-order valence-electron chi connectivity index (χ4n) is 2.92. The van der Waals surface area contributed by atoms with E-state index in [-0.39, 0.29) is 18.6 Å². The lowest BCUT2D eigenvalue weighted by molar-refractivity contribution is -0.147. The monoisotopic (exact) mass is 363 g/mol. The SMILES string of the molecule is Cc1noc(CSCC(=O)N2CCO[C@@H](CO)[C@@H]2c2ccccc2)n1. The molecule has 3 rings (SSSR count). The van der Waals surface area contributed by atoms with E-state index in [0.717, 1.165) is 5.56 Å². The Bertz CT molecular complexity index is 694. The minimum Gasteiger partial charge on any atom is -0.394 e. The third kappa shape index (κ3) is 4.39. The van der Waals surface area contributed by atoms with Crippen LogP contribution in [0.3, 0.4) is 0 Å². The highest BCUT2D eigenvalue weighted by atomic mass is 32.2. The zero-order chi connectivity index (χ0) is 17.6. The fourth-order valence-corrected chi connectivity index (χ4v) is 3.65. The summed E-state index contributed by atoms with van der Waals surface area (Å²) in [7, 11) is 0. The predicted molar refractivity (Wildman–Crippen MR) is 92.9 cm³/mol. The number of thioether (sulfide) groups is 1. The Labute approximate surface area is 150 Å². The molecule has 1 aromatic carbocycles. The summed E-state index contributed by atoms with van der Waals surface area (Å²) in [6.07, 6.45) is -0.413. The van der Waals surface area contributed by atoms with Gasteiger partial charge in [-0.15, -0.1) is 11.8 Å². The summed E-state index contributed by atoms with van der Waals surface area (Å²) >= 11 is 1.44. The summed E-state index contributed by atoms with van der Waals surface area (Å²) in [4.78, 5) is 18.7. The maximum Gasteiger partial charge on any atom is 0.236 e.